The zero-order valence-electron chi connectivity index (χ0n) is 46.0. The zero-order chi connectivity index (χ0) is 55.5. The fourth-order valence-electron chi connectivity index (χ4n) is 13.7. The number of aromatic nitrogens is 5. The van der Waals surface area contributed by atoms with E-state index in [9.17, 15) is 19.8 Å². The molecule has 0 radical (unpaired) electrons. The number of nitrogens with two attached hydrogens (primary N) is 1. The standard InChI is InChI=1S/C61H70N10O8S/c1-35(2)55(59(75)70-29-45(72)23-51(70)58(74)65-36(3)39-12-14-40(15-13-39)56-37(4)64-34-80-56)53-21-41(68-79-53)9-8-20-76-32-60-30-61(31-60,38(60)5)33-77-46-24-47(25-46)78-54-22-42(18-19-63-54)71-43-16-17-44(71)28-69(27-43)50-26-49(66-67-57(50)62)48-10-6-7-11-52(48)73/h6-7,10-15,18-19,21-22,26,34-36,38,43-47,51,55,72-73H,16-17,20,23-25,27-33H2,1-5H3,(H2,62,67)(H,65,74)/t36-,38+,43?,44?,45+,46?,47?,51-,55+,60?,61?/m0/s1. The molecular formula is C61H70N10O8S. The van der Waals surface area contributed by atoms with Crippen LogP contribution >= 0.6 is 11.3 Å². The lowest BCUT2D eigenvalue weighted by Crippen LogP contribution is -2.72. The summed E-state index contributed by atoms with van der Waals surface area (Å²) in [6.45, 7) is 13.3. The van der Waals surface area contributed by atoms with Gasteiger partial charge in [-0.15, -0.1) is 21.5 Å². The van der Waals surface area contributed by atoms with Crippen molar-refractivity contribution in [2.75, 3.05) is 55.0 Å². The van der Waals surface area contributed by atoms with Crippen LogP contribution in [0.2, 0.25) is 0 Å². The fourth-order valence-corrected chi connectivity index (χ4v) is 14.5. The number of carbonyl (C=O) groups is 2. The van der Waals surface area contributed by atoms with Gasteiger partial charge in [0.1, 0.15) is 30.4 Å². The van der Waals surface area contributed by atoms with Gasteiger partial charge in [-0.1, -0.05) is 68.2 Å². The summed E-state index contributed by atoms with van der Waals surface area (Å²) in [7, 11) is 0. The first-order valence-corrected chi connectivity index (χ1v) is 29.0. The number of aliphatic hydroxyl groups is 1. The number of fused-ring (bicyclic) bond motifs is 2. The Bertz CT molecular complexity index is 3290. The minimum absolute atomic E-state index is 0.0499. The first-order valence-electron chi connectivity index (χ1n) is 28.2. The summed E-state index contributed by atoms with van der Waals surface area (Å²) in [5.74, 6) is 6.66. The fraction of sp³-hybridized carbons (Fsp3) is 0.492. The molecule has 4 saturated carbocycles. The molecule has 13 rings (SSSR count). The third-order valence-electron chi connectivity index (χ3n) is 18.2. The number of phenols is 1. The molecule has 5 N–H and O–H groups in total. The van der Waals surface area contributed by atoms with E-state index in [-0.39, 0.29) is 84.2 Å². The van der Waals surface area contributed by atoms with Crippen molar-refractivity contribution in [2.45, 2.75) is 128 Å². The molecule has 3 saturated heterocycles. The monoisotopic (exact) mass is 1100 g/mol. The van der Waals surface area contributed by atoms with Crippen LogP contribution in [0, 0.1) is 41.4 Å². The molecule has 4 bridgehead atoms. The van der Waals surface area contributed by atoms with E-state index in [0.29, 0.717) is 46.9 Å². The van der Waals surface area contributed by atoms with Crippen LogP contribution in [0.4, 0.5) is 17.2 Å². The van der Waals surface area contributed by atoms with Gasteiger partial charge in [-0.25, -0.2) is 9.97 Å². The van der Waals surface area contributed by atoms with Crippen molar-refractivity contribution in [3.05, 3.63) is 107 Å². The molecule has 80 heavy (non-hydrogen) atoms. The third kappa shape index (κ3) is 10.2. The van der Waals surface area contributed by atoms with Crippen molar-refractivity contribution in [2.24, 2.45) is 22.7 Å². The Hall–Kier alpha value is -7.11. The number of piperazine rings is 1. The van der Waals surface area contributed by atoms with Crippen molar-refractivity contribution < 1.29 is 38.5 Å². The van der Waals surface area contributed by atoms with Gasteiger partial charge in [0.25, 0.3) is 0 Å². The number of aliphatic hydroxyl groups excluding tert-OH is 1. The number of para-hydroxylation sites is 1. The topological polar surface area (TPSA) is 228 Å². The van der Waals surface area contributed by atoms with Gasteiger partial charge in [0.05, 0.1) is 58.9 Å². The summed E-state index contributed by atoms with van der Waals surface area (Å²) in [5, 5.41) is 37.0. The van der Waals surface area contributed by atoms with E-state index >= 15 is 0 Å². The lowest BCUT2D eigenvalue weighted by molar-refractivity contribution is -0.313. The first kappa shape index (κ1) is 53.5. The highest BCUT2D eigenvalue weighted by atomic mass is 32.1. The molecule has 4 aliphatic carbocycles. The largest absolute Gasteiger partial charge is 0.507 e. The Kier molecular flexibility index (Phi) is 14.6. The molecule has 7 aliphatic rings. The van der Waals surface area contributed by atoms with Gasteiger partial charge in [0, 0.05) is 80.6 Å². The Labute approximate surface area is 470 Å². The van der Waals surface area contributed by atoms with Crippen LogP contribution in [-0.4, -0.2) is 128 Å². The second kappa shape index (κ2) is 21.7. The number of amides is 2. The van der Waals surface area contributed by atoms with Gasteiger partial charge in [-0.2, -0.15) is 0 Å². The number of rotatable bonds is 18. The summed E-state index contributed by atoms with van der Waals surface area (Å²) in [6, 6.07) is 22.4. The maximum absolute atomic E-state index is 14.2. The molecule has 418 valence electrons. The summed E-state index contributed by atoms with van der Waals surface area (Å²) in [6.07, 6.45) is 7.37. The van der Waals surface area contributed by atoms with E-state index in [1.807, 2.05) is 81.9 Å². The highest BCUT2D eigenvalue weighted by molar-refractivity contribution is 7.13. The molecule has 18 nitrogen and oxygen atoms in total. The number of likely N-dealkylation sites (tertiary alicyclic amines) is 1. The van der Waals surface area contributed by atoms with E-state index in [2.05, 4.69) is 71.3 Å². The molecule has 6 aromatic rings. The van der Waals surface area contributed by atoms with Crippen molar-refractivity contribution in [3.8, 4) is 45.2 Å². The van der Waals surface area contributed by atoms with Crippen molar-refractivity contribution in [1.29, 1.82) is 0 Å². The molecule has 2 unspecified atom stereocenters. The molecule has 4 aromatic heterocycles. The number of benzene rings is 2. The number of phenolic OH excluding ortho intramolecular Hbond substituents is 1. The minimum Gasteiger partial charge on any atom is -0.507 e. The molecule has 7 heterocycles. The van der Waals surface area contributed by atoms with Gasteiger partial charge in [-0.3, -0.25) is 9.59 Å². The second-order valence-corrected chi connectivity index (χ2v) is 24.5. The molecule has 7 atom stereocenters. The lowest BCUT2D eigenvalue weighted by Gasteiger charge is -2.76. The van der Waals surface area contributed by atoms with Crippen molar-refractivity contribution in [3.63, 3.8) is 0 Å². The highest BCUT2D eigenvalue weighted by Crippen LogP contribution is 2.77. The van der Waals surface area contributed by atoms with Gasteiger partial charge < -0.3 is 54.7 Å². The average molecular weight is 1100 g/mol. The maximum atomic E-state index is 14.2. The van der Waals surface area contributed by atoms with Crippen molar-refractivity contribution >= 4 is 40.3 Å². The van der Waals surface area contributed by atoms with Crippen LogP contribution in [0.5, 0.6) is 11.6 Å². The molecule has 7 fully saturated rings. The number of thiazole rings is 1. The zero-order valence-corrected chi connectivity index (χ0v) is 46.8. The number of nitrogens with zero attached hydrogens (tertiary/aromatic N) is 8. The number of nitrogen functional groups attached to an aromatic ring is 1. The van der Waals surface area contributed by atoms with Crippen LogP contribution in [0.25, 0.3) is 21.7 Å². The molecular weight excluding hydrogens is 1030 g/mol. The highest BCUT2D eigenvalue weighted by Gasteiger charge is 2.73. The van der Waals surface area contributed by atoms with E-state index in [1.54, 1.807) is 29.5 Å². The normalized spacial score (nSPS) is 27.1. The summed E-state index contributed by atoms with van der Waals surface area (Å²) < 4.78 is 24.8. The average Bonchev–Trinajstić information content (AvgIpc) is 4.06. The summed E-state index contributed by atoms with van der Waals surface area (Å²) in [5.41, 5.74) is 15.1. The second-order valence-electron chi connectivity index (χ2n) is 23.7. The van der Waals surface area contributed by atoms with Crippen LogP contribution in [0.3, 0.4) is 0 Å². The molecule has 3 aliphatic heterocycles. The lowest BCUT2D eigenvalue weighted by atomic mass is 9.30. The van der Waals surface area contributed by atoms with Gasteiger partial charge in [0.2, 0.25) is 17.7 Å². The number of ether oxygens (including phenoxy) is 3. The number of carbonyl (C=O) groups excluding carboxylic acids is 2. The maximum Gasteiger partial charge on any atom is 0.243 e. The Morgan fingerprint density at radius 2 is 1.70 bits per heavy atom. The van der Waals surface area contributed by atoms with Crippen molar-refractivity contribution in [1.82, 2.24) is 35.5 Å². The predicted molar refractivity (Wildman–Crippen MR) is 303 cm³/mol. The number of hydrogen-bond acceptors (Lipinski definition) is 17. The number of nitrogens with one attached hydrogen (secondary N) is 1. The molecule has 0 spiro atoms. The van der Waals surface area contributed by atoms with Crippen LogP contribution in [0.1, 0.15) is 107 Å². The van der Waals surface area contributed by atoms with E-state index in [4.69, 9.17) is 24.5 Å². The predicted octanol–water partition coefficient (Wildman–Crippen LogP) is 8.09. The van der Waals surface area contributed by atoms with E-state index in [1.165, 1.54) is 4.90 Å². The third-order valence-corrected chi connectivity index (χ3v) is 19.2. The number of β-amino-alcohol motifs (C(OH)–C–C–N with tert-alkyl or cyclic N) is 1. The van der Waals surface area contributed by atoms with E-state index < -0.39 is 18.1 Å². The molecule has 2 aromatic carbocycles. The summed E-state index contributed by atoms with van der Waals surface area (Å²) in [4.78, 5) is 44.4. The number of anilines is 3. The molecule has 19 heteroatoms. The van der Waals surface area contributed by atoms with Crippen LogP contribution < -0.4 is 25.6 Å². The molecule has 2 amide bonds. The SMILES string of the molecule is Cc1ncsc1-c1ccc([C@H](C)NC(=O)[C@@H]2C[C@@H](O)CN2C(=O)[C@@H](c2cc(C#CCOCC34CC(COC5CC(Oc6cc(N7C8CCC7CN(c7cc(-c9ccccc9O)nnc7N)C8)ccn6)C5)(C3)[C@@H]4C)no2)C(C)C)cc1. The number of hydrogen-bond donors (Lipinski definition) is 4. The quantitative estimate of drug-likeness (QED) is 0.0471. The summed E-state index contributed by atoms with van der Waals surface area (Å²) >= 11 is 1.59. The number of aromatic hydroxyl groups is 1. The minimum atomic E-state index is -0.832. The van der Waals surface area contributed by atoms with Crippen LogP contribution in [-0.2, 0) is 19.1 Å². The number of aryl methyl sites for hydroxylation is 1. The first-order chi connectivity index (χ1) is 38.6. The van der Waals surface area contributed by atoms with Gasteiger partial charge in [0.15, 0.2) is 17.3 Å². The smallest absolute Gasteiger partial charge is 0.243 e. The number of pyridine rings is 1. The Morgan fingerprint density at radius 3 is 2.42 bits per heavy atom. The van der Waals surface area contributed by atoms with Gasteiger partial charge >= 0.3 is 0 Å². The van der Waals surface area contributed by atoms with Crippen LogP contribution in [0.15, 0.2) is 89.0 Å². The van der Waals surface area contributed by atoms with Gasteiger partial charge in [-0.05, 0) is 104 Å². The Morgan fingerprint density at radius 1 is 0.938 bits per heavy atom. The van der Waals surface area contributed by atoms with E-state index in [0.717, 1.165) is 91.3 Å². The Balaban J connectivity index is 0.568.